The number of hydrogen-bond acceptors (Lipinski definition) is 1. The normalized spacial score (nSPS) is 10.3. The first kappa shape index (κ1) is 9.93. The highest BCUT2D eigenvalue weighted by molar-refractivity contribution is 6.30. The second-order valence-corrected chi connectivity index (χ2v) is 3.51. The van der Waals surface area contributed by atoms with Crippen LogP contribution < -0.4 is 5.56 Å². The van der Waals surface area contributed by atoms with Gasteiger partial charge in [-0.3, -0.25) is 4.79 Å². The Kier molecular flexibility index (Phi) is 2.56. The number of rotatable bonds is 1. The zero-order valence-electron chi connectivity index (χ0n) is 7.63. The minimum atomic E-state index is -0.383. The molecule has 1 N–H and O–H groups in total. The van der Waals surface area contributed by atoms with Gasteiger partial charge in [-0.25, -0.2) is 4.39 Å². The number of H-pyrrole nitrogens is 1. The second-order valence-electron chi connectivity index (χ2n) is 3.07. The van der Waals surface area contributed by atoms with E-state index in [9.17, 15) is 9.18 Å². The number of aromatic amines is 1. The summed E-state index contributed by atoms with van der Waals surface area (Å²) in [5.74, 6) is -0.383. The molecule has 0 atom stereocenters. The lowest BCUT2D eigenvalue weighted by atomic mass is 10.1. The van der Waals surface area contributed by atoms with E-state index in [-0.39, 0.29) is 11.4 Å². The van der Waals surface area contributed by atoms with Gasteiger partial charge in [-0.1, -0.05) is 23.7 Å². The van der Waals surface area contributed by atoms with E-state index in [4.69, 9.17) is 11.6 Å². The summed E-state index contributed by atoms with van der Waals surface area (Å²) < 4.78 is 12.9. The van der Waals surface area contributed by atoms with Gasteiger partial charge in [0.2, 0.25) is 0 Å². The number of pyridine rings is 1. The molecule has 2 aromatic rings. The van der Waals surface area contributed by atoms with Gasteiger partial charge in [0.15, 0.2) is 0 Å². The van der Waals surface area contributed by atoms with Crippen molar-refractivity contribution in [3.63, 3.8) is 0 Å². The topological polar surface area (TPSA) is 32.9 Å². The van der Waals surface area contributed by atoms with E-state index in [1.807, 2.05) is 0 Å². The Hall–Kier alpha value is -1.61. The van der Waals surface area contributed by atoms with Crippen LogP contribution in [0.4, 0.5) is 4.39 Å². The Morgan fingerprint density at radius 2 is 2.07 bits per heavy atom. The van der Waals surface area contributed by atoms with Gasteiger partial charge in [-0.15, -0.1) is 0 Å². The van der Waals surface area contributed by atoms with E-state index in [2.05, 4.69) is 4.98 Å². The number of halogens is 2. The summed E-state index contributed by atoms with van der Waals surface area (Å²) in [6.45, 7) is 0. The lowest BCUT2D eigenvalue weighted by molar-refractivity contribution is 0.628. The summed E-state index contributed by atoms with van der Waals surface area (Å²) in [4.78, 5) is 13.9. The minimum Gasteiger partial charge on any atom is -0.327 e. The van der Waals surface area contributed by atoms with Crippen molar-refractivity contribution >= 4 is 11.6 Å². The van der Waals surface area contributed by atoms with Crippen LogP contribution >= 0.6 is 11.6 Å². The average molecular weight is 224 g/mol. The molecule has 0 saturated carbocycles. The van der Waals surface area contributed by atoms with Crippen LogP contribution in [0.3, 0.4) is 0 Å². The molecule has 0 spiro atoms. The van der Waals surface area contributed by atoms with E-state index in [1.54, 1.807) is 12.1 Å². The highest BCUT2D eigenvalue weighted by Crippen LogP contribution is 2.18. The summed E-state index contributed by atoms with van der Waals surface area (Å²) in [6.07, 6.45) is 1.40. The Bertz CT molecular complexity index is 550. The number of aromatic nitrogens is 1. The smallest absolute Gasteiger partial charge is 0.255 e. The molecule has 2 nitrogen and oxygen atoms in total. The highest BCUT2D eigenvalue weighted by Gasteiger charge is 2.04. The third kappa shape index (κ3) is 2.07. The second kappa shape index (κ2) is 3.87. The molecule has 0 aliphatic heterocycles. The van der Waals surface area contributed by atoms with Crippen LogP contribution in [-0.2, 0) is 0 Å². The van der Waals surface area contributed by atoms with E-state index in [0.29, 0.717) is 16.1 Å². The van der Waals surface area contributed by atoms with Gasteiger partial charge in [-0.05, 0) is 23.8 Å². The highest BCUT2D eigenvalue weighted by atomic mass is 35.5. The molecule has 0 aliphatic rings. The molecule has 0 radical (unpaired) electrons. The van der Waals surface area contributed by atoms with Crippen molar-refractivity contribution < 1.29 is 4.39 Å². The van der Waals surface area contributed by atoms with Gasteiger partial charge >= 0.3 is 0 Å². The lowest BCUT2D eigenvalue weighted by Gasteiger charge is -2.00. The summed E-state index contributed by atoms with van der Waals surface area (Å²) >= 11 is 5.74. The van der Waals surface area contributed by atoms with Crippen LogP contribution in [0.15, 0.2) is 41.3 Å². The summed E-state index contributed by atoms with van der Waals surface area (Å²) in [5.41, 5.74) is 0.589. The van der Waals surface area contributed by atoms with E-state index in [0.717, 1.165) is 0 Å². The van der Waals surface area contributed by atoms with Crippen molar-refractivity contribution in [3.05, 3.63) is 57.7 Å². The molecular weight excluding hydrogens is 217 g/mol. The maximum absolute atomic E-state index is 12.9. The first-order valence-corrected chi connectivity index (χ1v) is 4.69. The van der Waals surface area contributed by atoms with E-state index < -0.39 is 0 Å². The zero-order valence-corrected chi connectivity index (χ0v) is 8.38. The Balaban J connectivity index is 2.63. The monoisotopic (exact) mass is 223 g/mol. The predicted octanol–water partition coefficient (Wildman–Crippen LogP) is 2.83. The fourth-order valence-corrected chi connectivity index (χ4v) is 1.49. The summed E-state index contributed by atoms with van der Waals surface area (Å²) in [7, 11) is 0. The SMILES string of the molecule is O=c1[nH]cc(Cl)cc1-c1cccc(F)c1. The quantitative estimate of drug-likeness (QED) is 0.792. The third-order valence-corrected chi connectivity index (χ3v) is 2.22. The molecule has 0 fully saturated rings. The van der Waals surface area contributed by atoms with Gasteiger partial charge in [0.25, 0.3) is 5.56 Å². The molecule has 0 unspecified atom stereocenters. The van der Waals surface area contributed by atoms with Crippen LogP contribution in [0.1, 0.15) is 0 Å². The standard InChI is InChI=1S/C11H7ClFNO/c12-8-5-10(11(15)14-6-8)7-2-1-3-9(13)4-7/h1-6H,(H,14,15). The maximum atomic E-state index is 12.9. The van der Waals surface area contributed by atoms with Crippen LogP contribution in [0, 0.1) is 5.82 Å². The average Bonchev–Trinajstić information content (AvgIpc) is 2.22. The predicted molar refractivity (Wildman–Crippen MR) is 57.5 cm³/mol. The van der Waals surface area contributed by atoms with Crippen LogP contribution in [0.25, 0.3) is 11.1 Å². The van der Waals surface area contributed by atoms with Gasteiger partial charge in [-0.2, -0.15) is 0 Å². The Labute approximate surface area is 90.3 Å². The molecule has 0 saturated heterocycles. The Morgan fingerprint density at radius 1 is 1.27 bits per heavy atom. The van der Waals surface area contributed by atoms with E-state index >= 15 is 0 Å². The van der Waals surface area contributed by atoms with Crippen molar-refractivity contribution in [1.29, 1.82) is 0 Å². The molecule has 76 valence electrons. The third-order valence-electron chi connectivity index (χ3n) is 2.00. The van der Waals surface area contributed by atoms with Gasteiger partial charge < -0.3 is 4.98 Å². The number of benzene rings is 1. The molecule has 1 heterocycles. The largest absolute Gasteiger partial charge is 0.327 e. The van der Waals surface area contributed by atoms with Crippen LogP contribution in [0.2, 0.25) is 5.02 Å². The molecule has 15 heavy (non-hydrogen) atoms. The number of hydrogen-bond donors (Lipinski definition) is 1. The van der Waals surface area contributed by atoms with Crippen molar-refractivity contribution in [3.8, 4) is 11.1 Å². The van der Waals surface area contributed by atoms with Crippen LogP contribution in [0.5, 0.6) is 0 Å². The molecule has 0 aliphatic carbocycles. The Morgan fingerprint density at radius 3 is 2.80 bits per heavy atom. The molecule has 0 bridgehead atoms. The van der Waals surface area contributed by atoms with Gasteiger partial charge in [0.1, 0.15) is 5.82 Å². The van der Waals surface area contributed by atoms with Gasteiger partial charge in [0, 0.05) is 11.8 Å². The number of nitrogens with one attached hydrogen (secondary N) is 1. The summed E-state index contributed by atoms with van der Waals surface area (Å²) in [5, 5.41) is 0.411. The first-order chi connectivity index (χ1) is 7.16. The molecular formula is C11H7ClFNO. The van der Waals surface area contributed by atoms with Crippen molar-refractivity contribution in [1.82, 2.24) is 4.98 Å². The fraction of sp³-hybridized carbons (Fsp3) is 0. The first-order valence-electron chi connectivity index (χ1n) is 4.31. The van der Waals surface area contributed by atoms with Crippen LogP contribution in [-0.4, -0.2) is 4.98 Å². The molecule has 1 aromatic carbocycles. The molecule has 2 rings (SSSR count). The molecule has 4 heteroatoms. The minimum absolute atomic E-state index is 0.287. The summed E-state index contributed by atoms with van der Waals surface area (Å²) in [6, 6.07) is 7.33. The van der Waals surface area contributed by atoms with Crippen molar-refractivity contribution in [2.24, 2.45) is 0 Å². The van der Waals surface area contributed by atoms with Crippen molar-refractivity contribution in [2.45, 2.75) is 0 Å². The lowest BCUT2D eigenvalue weighted by Crippen LogP contribution is -2.07. The van der Waals surface area contributed by atoms with Gasteiger partial charge in [0.05, 0.1) is 5.02 Å². The van der Waals surface area contributed by atoms with E-state index in [1.165, 1.54) is 24.4 Å². The molecule has 0 amide bonds. The van der Waals surface area contributed by atoms with Crippen molar-refractivity contribution in [2.75, 3.05) is 0 Å². The molecule has 1 aromatic heterocycles. The maximum Gasteiger partial charge on any atom is 0.255 e. The zero-order chi connectivity index (χ0) is 10.8. The fourth-order valence-electron chi connectivity index (χ4n) is 1.33.